The molecule has 6 rings (SSSR count). The molecule has 1 saturated carbocycles. The van der Waals surface area contributed by atoms with Crippen molar-refractivity contribution in [2.24, 2.45) is 15.8 Å². The van der Waals surface area contributed by atoms with Crippen LogP contribution in [0.15, 0.2) is 23.2 Å². The van der Waals surface area contributed by atoms with Gasteiger partial charge in [-0.25, -0.2) is 4.79 Å². The summed E-state index contributed by atoms with van der Waals surface area (Å²) in [5, 5.41) is 8.32. The zero-order valence-electron chi connectivity index (χ0n) is 28.7. The standard InChI is InChI=1S/C35H47N5O9/c1-5-6-23(28(41)31(43)37-21-8-9-21)38-30(42)25-15-35(14-24(36-17-35)20-7-10-26-27(13-20)48-19-47-26)18-40(25)32(44)29(34(2,3)4)39-33(45)49-22-11-12-46-16-22/h7,10,13,21-23,25,29H,5-6,8-9,11-12,14-19H2,1-4H3,(H,37,43)(H,38,42)(H,39,45)/t22-,23-,25-,29+,35-/m0/s1. The summed E-state index contributed by atoms with van der Waals surface area (Å²) in [6.07, 6.45) is 2.70. The Bertz CT molecular complexity index is 1510. The van der Waals surface area contributed by atoms with Crippen molar-refractivity contribution in [3.63, 3.8) is 0 Å². The second kappa shape index (κ2) is 14.0. The fourth-order valence-electron chi connectivity index (χ4n) is 6.96. The number of nitrogens with zero attached hydrogens (tertiary/aromatic N) is 2. The fraction of sp³-hybridized carbons (Fsp3) is 0.657. The molecule has 14 heteroatoms. The number of hydrogen-bond acceptors (Lipinski definition) is 10. The first-order valence-electron chi connectivity index (χ1n) is 17.3. The van der Waals surface area contributed by atoms with Crippen LogP contribution in [0.4, 0.5) is 4.79 Å². The first-order valence-corrected chi connectivity index (χ1v) is 17.3. The van der Waals surface area contributed by atoms with E-state index < -0.39 is 64.7 Å². The molecule has 3 fully saturated rings. The lowest BCUT2D eigenvalue weighted by atomic mass is 9.81. The van der Waals surface area contributed by atoms with Gasteiger partial charge < -0.3 is 39.8 Å². The summed E-state index contributed by atoms with van der Waals surface area (Å²) in [6.45, 7) is 8.89. The predicted octanol–water partition coefficient (Wildman–Crippen LogP) is 2.26. The van der Waals surface area contributed by atoms with Gasteiger partial charge in [0.05, 0.1) is 19.3 Å². The van der Waals surface area contributed by atoms with Crippen molar-refractivity contribution in [1.29, 1.82) is 0 Å². The lowest BCUT2D eigenvalue weighted by Gasteiger charge is -2.35. The number of ether oxygens (including phenoxy) is 4. The van der Waals surface area contributed by atoms with Crippen LogP contribution in [0.5, 0.6) is 11.5 Å². The smallest absolute Gasteiger partial charge is 0.408 e. The first kappa shape index (κ1) is 34.7. The van der Waals surface area contributed by atoms with Gasteiger partial charge in [0.15, 0.2) is 11.5 Å². The molecule has 266 valence electrons. The molecule has 1 aromatic carbocycles. The minimum atomic E-state index is -1.03. The van der Waals surface area contributed by atoms with E-state index in [-0.39, 0.29) is 32.2 Å². The molecule has 1 aliphatic carbocycles. The lowest BCUT2D eigenvalue weighted by molar-refractivity contribution is -0.144. The molecule has 4 heterocycles. The van der Waals surface area contributed by atoms with Crippen LogP contribution in [0.25, 0.3) is 0 Å². The van der Waals surface area contributed by atoms with Crippen LogP contribution in [-0.2, 0) is 28.7 Å². The topological polar surface area (TPSA) is 174 Å². The number of benzene rings is 1. The van der Waals surface area contributed by atoms with E-state index in [1.807, 2.05) is 45.9 Å². The molecule has 0 unspecified atom stereocenters. The maximum Gasteiger partial charge on any atom is 0.408 e. The maximum absolute atomic E-state index is 14.5. The normalized spacial score (nSPS) is 25.5. The minimum absolute atomic E-state index is 0.00623. The molecule has 4 aliphatic heterocycles. The van der Waals surface area contributed by atoms with E-state index in [1.165, 1.54) is 4.90 Å². The van der Waals surface area contributed by atoms with E-state index >= 15 is 0 Å². The quantitative estimate of drug-likeness (QED) is 0.296. The zero-order valence-corrected chi connectivity index (χ0v) is 28.7. The van der Waals surface area contributed by atoms with Gasteiger partial charge in [-0.2, -0.15) is 0 Å². The largest absolute Gasteiger partial charge is 0.454 e. The predicted molar refractivity (Wildman–Crippen MR) is 176 cm³/mol. The van der Waals surface area contributed by atoms with Crippen LogP contribution in [0.2, 0.25) is 0 Å². The number of rotatable bonds is 11. The number of hydrogen-bond donors (Lipinski definition) is 3. The highest BCUT2D eigenvalue weighted by molar-refractivity contribution is 6.38. The highest BCUT2D eigenvalue weighted by Gasteiger charge is 2.53. The third-order valence-corrected chi connectivity index (χ3v) is 9.83. The number of aliphatic imine (C=N–C) groups is 1. The monoisotopic (exact) mass is 681 g/mol. The summed E-state index contributed by atoms with van der Waals surface area (Å²) in [6, 6.07) is 2.61. The van der Waals surface area contributed by atoms with Crippen molar-refractivity contribution in [3.8, 4) is 11.5 Å². The van der Waals surface area contributed by atoms with Gasteiger partial charge in [-0.1, -0.05) is 34.1 Å². The van der Waals surface area contributed by atoms with Crippen molar-refractivity contribution in [2.45, 2.75) is 103 Å². The number of carbonyl (C=O) groups is 5. The summed E-state index contributed by atoms with van der Waals surface area (Å²) in [5.41, 5.74) is 0.386. The molecule has 0 aromatic heterocycles. The molecule has 0 radical (unpaired) electrons. The van der Waals surface area contributed by atoms with Crippen LogP contribution >= 0.6 is 0 Å². The molecular weight excluding hydrogens is 634 g/mol. The first-order chi connectivity index (χ1) is 23.4. The molecule has 1 aromatic rings. The Morgan fingerprint density at radius 2 is 1.86 bits per heavy atom. The second-order valence-electron chi connectivity index (χ2n) is 15.0. The highest BCUT2D eigenvalue weighted by Crippen LogP contribution is 2.45. The summed E-state index contributed by atoms with van der Waals surface area (Å²) in [7, 11) is 0. The van der Waals surface area contributed by atoms with Crippen LogP contribution in [-0.4, -0.2) is 104 Å². The molecule has 0 bridgehead atoms. The van der Waals surface area contributed by atoms with E-state index in [4.69, 9.17) is 23.9 Å². The summed E-state index contributed by atoms with van der Waals surface area (Å²) in [5.74, 6) is -1.08. The molecule has 5 atom stereocenters. The van der Waals surface area contributed by atoms with Gasteiger partial charge in [-0.05, 0) is 61.3 Å². The van der Waals surface area contributed by atoms with Gasteiger partial charge in [-0.15, -0.1) is 0 Å². The average molecular weight is 682 g/mol. The van der Waals surface area contributed by atoms with Crippen molar-refractivity contribution in [2.75, 3.05) is 33.1 Å². The SMILES string of the molecule is CCC[C@H](NC(=O)[C@@H]1C[C@@]2(CN=C(c3ccc4c(c3)OCO4)C2)CN1C(=O)[C@@H](NC(=O)O[C@H]1CCOC1)C(C)(C)C)C(=O)C(=O)NC1CC1. The van der Waals surface area contributed by atoms with Crippen molar-refractivity contribution in [3.05, 3.63) is 23.8 Å². The minimum Gasteiger partial charge on any atom is -0.454 e. The molecule has 1 spiro atoms. The molecule has 4 amide bonds. The van der Waals surface area contributed by atoms with Gasteiger partial charge in [0, 0.05) is 36.7 Å². The number of nitrogens with one attached hydrogen (secondary N) is 3. The van der Waals surface area contributed by atoms with Crippen molar-refractivity contribution < 1.29 is 42.9 Å². The van der Waals surface area contributed by atoms with E-state index in [2.05, 4.69) is 16.0 Å². The van der Waals surface area contributed by atoms with Crippen molar-refractivity contribution >= 4 is 35.3 Å². The van der Waals surface area contributed by atoms with Crippen LogP contribution in [0.3, 0.4) is 0 Å². The number of amides is 4. The lowest BCUT2D eigenvalue weighted by Crippen LogP contribution is -2.59. The number of ketones is 1. The molecular formula is C35H47N5O9. The third-order valence-electron chi connectivity index (χ3n) is 9.83. The summed E-state index contributed by atoms with van der Waals surface area (Å²) >= 11 is 0. The number of carbonyl (C=O) groups excluding carboxylic acids is 5. The van der Waals surface area contributed by atoms with E-state index in [1.54, 1.807) is 0 Å². The zero-order chi connectivity index (χ0) is 34.9. The molecule has 49 heavy (non-hydrogen) atoms. The number of Topliss-reactive ketones (excluding diaryl/α,β-unsaturated/α-hetero) is 1. The maximum atomic E-state index is 14.5. The third kappa shape index (κ3) is 7.84. The van der Waals surface area contributed by atoms with Crippen molar-refractivity contribution in [1.82, 2.24) is 20.9 Å². The van der Waals surface area contributed by atoms with E-state index in [0.717, 1.165) is 24.1 Å². The number of alkyl carbamates (subject to hydrolysis) is 1. The van der Waals surface area contributed by atoms with Crippen LogP contribution < -0.4 is 25.4 Å². The van der Waals surface area contributed by atoms with E-state index in [0.29, 0.717) is 50.5 Å². The van der Waals surface area contributed by atoms with E-state index in [9.17, 15) is 24.0 Å². The Morgan fingerprint density at radius 3 is 2.55 bits per heavy atom. The molecule has 14 nitrogen and oxygen atoms in total. The number of likely N-dealkylation sites (tertiary alicyclic amines) is 1. The fourth-order valence-corrected chi connectivity index (χ4v) is 6.96. The van der Waals surface area contributed by atoms with Crippen LogP contribution in [0, 0.1) is 10.8 Å². The second-order valence-corrected chi connectivity index (χ2v) is 15.0. The average Bonchev–Trinajstić information content (AvgIpc) is 3.48. The van der Waals surface area contributed by atoms with Gasteiger partial charge in [0.2, 0.25) is 24.4 Å². The van der Waals surface area contributed by atoms with Gasteiger partial charge in [0.25, 0.3) is 5.91 Å². The molecule has 5 aliphatic rings. The Kier molecular flexibility index (Phi) is 9.88. The Morgan fingerprint density at radius 1 is 1.08 bits per heavy atom. The van der Waals surface area contributed by atoms with Gasteiger partial charge in [0.1, 0.15) is 18.2 Å². The summed E-state index contributed by atoms with van der Waals surface area (Å²) < 4.78 is 21.9. The highest BCUT2D eigenvalue weighted by atomic mass is 16.7. The molecule has 2 saturated heterocycles. The Labute approximate surface area is 286 Å². The Balaban J connectivity index is 1.24. The van der Waals surface area contributed by atoms with Gasteiger partial charge in [-0.3, -0.25) is 24.2 Å². The van der Waals surface area contributed by atoms with Gasteiger partial charge >= 0.3 is 6.09 Å². The molecule has 3 N–H and O–H groups in total. The van der Waals surface area contributed by atoms with Crippen LogP contribution in [0.1, 0.15) is 78.2 Å². The number of fused-ring (bicyclic) bond motifs is 1. The summed E-state index contributed by atoms with van der Waals surface area (Å²) in [4.78, 5) is 74.0. The Hall–Kier alpha value is -4.20.